The topological polar surface area (TPSA) is 40.5 Å². The molecule has 3 aliphatic carbocycles. The largest absolute Gasteiger partial charge is 0.393 e. The molecule has 0 amide bonds. The Morgan fingerprint density at radius 2 is 1.92 bits per heavy atom. The van der Waals surface area contributed by atoms with Gasteiger partial charge in [-0.1, -0.05) is 48.2 Å². The van der Waals surface area contributed by atoms with Crippen LogP contribution < -0.4 is 0 Å². The van der Waals surface area contributed by atoms with Gasteiger partial charge in [0.15, 0.2) is 0 Å². The lowest BCUT2D eigenvalue weighted by molar-refractivity contribution is -0.0202. The van der Waals surface area contributed by atoms with Crippen LogP contribution in [-0.4, -0.2) is 22.4 Å². The molecule has 3 heteroatoms. The van der Waals surface area contributed by atoms with Gasteiger partial charge in [0.1, 0.15) is 0 Å². The first-order chi connectivity index (χ1) is 12.0. The molecule has 3 fully saturated rings. The Labute approximate surface area is 162 Å². The van der Waals surface area contributed by atoms with Gasteiger partial charge in [-0.15, -0.1) is 0 Å². The minimum atomic E-state index is -0.313. The van der Waals surface area contributed by atoms with E-state index in [2.05, 4.69) is 34.8 Å². The highest BCUT2D eigenvalue weighted by atomic mass is 79.9. The van der Waals surface area contributed by atoms with E-state index in [1.54, 1.807) is 5.57 Å². The number of aliphatic hydroxyl groups excluding tert-OH is 2. The summed E-state index contributed by atoms with van der Waals surface area (Å²) in [6.45, 7) is 4.94. The molecule has 0 heterocycles. The molecule has 2 N–H and O–H groups in total. The molecule has 25 heavy (non-hydrogen) atoms. The van der Waals surface area contributed by atoms with Gasteiger partial charge in [-0.25, -0.2) is 0 Å². The van der Waals surface area contributed by atoms with Crippen molar-refractivity contribution in [2.75, 3.05) is 0 Å². The standard InChI is InChI=1S/C22H37BrO2/c1-15(9-12-21(25)17-7-3-4-8-20(17)24)18-10-11-19-16(14-23)6-5-13-22(18,19)2/h14-15,17-21,24-25H,3-13H2,1-2H3/b16-14+/t15-,17?,18-,19?,20?,21+,22?/m1/s1. The number of allylic oxidation sites excluding steroid dienone is 1. The maximum Gasteiger partial charge on any atom is 0.0593 e. The van der Waals surface area contributed by atoms with Crippen molar-refractivity contribution < 1.29 is 10.2 Å². The summed E-state index contributed by atoms with van der Waals surface area (Å²) in [5, 5.41) is 20.8. The molecular formula is C22H37BrO2. The third-order valence-corrected chi connectivity index (χ3v) is 8.65. The lowest BCUT2D eigenvalue weighted by Gasteiger charge is -2.44. The van der Waals surface area contributed by atoms with Crippen LogP contribution in [0.15, 0.2) is 10.6 Å². The fraction of sp³-hybridized carbons (Fsp3) is 0.909. The van der Waals surface area contributed by atoms with Gasteiger partial charge in [-0.05, 0) is 85.9 Å². The SMILES string of the molecule is C[C@H](CC[C@H](O)C1CCCCC1O)[C@H]1CCC2/C(=C/Br)CCCC21C. The van der Waals surface area contributed by atoms with E-state index in [0.717, 1.165) is 43.9 Å². The van der Waals surface area contributed by atoms with Crippen molar-refractivity contribution in [3.63, 3.8) is 0 Å². The minimum Gasteiger partial charge on any atom is -0.393 e. The average molecular weight is 413 g/mol. The van der Waals surface area contributed by atoms with E-state index < -0.39 is 0 Å². The minimum absolute atomic E-state index is 0.116. The van der Waals surface area contributed by atoms with Crippen LogP contribution in [0.4, 0.5) is 0 Å². The molecule has 0 aliphatic heterocycles. The fourth-order valence-electron chi connectivity index (χ4n) is 6.58. The first kappa shape index (κ1) is 19.9. The molecule has 7 atom stereocenters. The molecule has 144 valence electrons. The number of rotatable bonds is 5. The first-order valence-corrected chi connectivity index (χ1v) is 11.5. The van der Waals surface area contributed by atoms with Gasteiger partial charge in [-0.3, -0.25) is 0 Å². The first-order valence-electron chi connectivity index (χ1n) is 10.6. The molecule has 0 aromatic heterocycles. The molecule has 4 unspecified atom stereocenters. The predicted molar refractivity (Wildman–Crippen MR) is 108 cm³/mol. The summed E-state index contributed by atoms with van der Waals surface area (Å²) in [4.78, 5) is 2.20. The van der Waals surface area contributed by atoms with E-state index in [9.17, 15) is 10.2 Å². The molecule has 2 nitrogen and oxygen atoms in total. The van der Waals surface area contributed by atoms with E-state index in [4.69, 9.17) is 0 Å². The Bertz CT molecular complexity index is 477. The van der Waals surface area contributed by atoms with Crippen LogP contribution in [0.2, 0.25) is 0 Å². The molecule has 3 saturated carbocycles. The monoisotopic (exact) mass is 412 g/mol. The lowest BCUT2D eigenvalue weighted by Crippen LogP contribution is -2.37. The second-order valence-electron chi connectivity index (χ2n) is 9.42. The van der Waals surface area contributed by atoms with Crippen molar-refractivity contribution in [2.45, 2.75) is 96.7 Å². The highest BCUT2D eigenvalue weighted by molar-refractivity contribution is 9.11. The summed E-state index contributed by atoms with van der Waals surface area (Å²) >= 11 is 3.61. The Kier molecular flexibility index (Phi) is 6.71. The number of fused-ring (bicyclic) bond motifs is 1. The van der Waals surface area contributed by atoms with Crippen LogP contribution >= 0.6 is 15.9 Å². The molecule has 0 saturated heterocycles. The van der Waals surface area contributed by atoms with Gasteiger partial charge in [0.2, 0.25) is 0 Å². The molecule has 0 bridgehead atoms. The van der Waals surface area contributed by atoms with Crippen LogP contribution in [0.3, 0.4) is 0 Å². The van der Waals surface area contributed by atoms with Crippen molar-refractivity contribution in [1.29, 1.82) is 0 Å². The van der Waals surface area contributed by atoms with E-state index in [-0.39, 0.29) is 18.1 Å². The smallest absolute Gasteiger partial charge is 0.0593 e. The zero-order valence-corrected chi connectivity index (χ0v) is 17.7. The third kappa shape index (κ3) is 4.04. The fourth-order valence-corrected chi connectivity index (χ4v) is 7.13. The van der Waals surface area contributed by atoms with E-state index in [1.807, 2.05) is 0 Å². The van der Waals surface area contributed by atoms with Gasteiger partial charge < -0.3 is 10.2 Å². The van der Waals surface area contributed by atoms with Gasteiger partial charge in [0, 0.05) is 5.92 Å². The lowest BCUT2D eigenvalue weighted by atomic mass is 9.61. The summed E-state index contributed by atoms with van der Waals surface area (Å²) < 4.78 is 0. The van der Waals surface area contributed by atoms with E-state index in [0.29, 0.717) is 11.3 Å². The Morgan fingerprint density at radius 1 is 1.16 bits per heavy atom. The van der Waals surface area contributed by atoms with Crippen LogP contribution in [0.1, 0.15) is 84.5 Å². The highest BCUT2D eigenvalue weighted by Gasteiger charge is 2.50. The second-order valence-corrected chi connectivity index (χ2v) is 9.88. The number of halogens is 1. The Morgan fingerprint density at radius 3 is 2.64 bits per heavy atom. The van der Waals surface area contributed by atoms with Crippen molar-refractivity contribution >= 4 is 15.9 Å². The van der Waals surface area contributed by atoms with Crippen LogP contribution in [0, 0.1) is 29.1 Å². The predicted octanol–water partition coefficient (Wildman–Crippen LogP) is 5.81. The normalized spacial score (nSPS) is 43.0. The highest BCUT2D eigenvalue weighted by Crippen LogP contribution is 2.60. The zero-order chi connectivity index (χ0) is 18.0. The summed E-state index contributed by atoms with van der Waals surface area (Å²) in [7, 11) is 0. The average Bonchev–Trinajstić information content (AvgIpc) is 2.96. The van der Waals surface area contributed by atoms with Crippen molar-refractivity contribution in [3.05, 3.63) is 10.6 Å². The van der Waals surface area contributed by atoms with E-state index >= 15 is 0 Å². The molecule has 0 spiro atoms. The van der Waals surface area contributed by atoms with Crippen LogP contribution in [-0.2, 0) is 0 Å². The number of hydrogen-bond donors (Lipinski definition) is 2. The zero-order valence-electron chi connectivity index (χ0n) is 16.1. The summed E-state index contributed by atoms with van der Waals surface area (Å²) in [6, 6.07) is 0. The maximum atomic E-state index is 10.6. The molecule has 0 radical (unpaired) electrons. The van der Waals surface area contributed by atoms with E-state index in [1.165, 1.54) is 38.5 Å². The number of aliphatic hydroxyl groups is 2. The van der Waals surface area contributed by atoms with Gasteiger partial charge in [-0.2, -0.15) is 0 Å². The van der Waals surface area contributed by atoms with Crippen LogP contribution in [0.5, 0.6) is 0 Å². The molecule has 3 rings (SSSR count). The quantitative estimate of drug-likeness (QED) is 0.597. The second kappa shape index (κ2) is 8.44. The van der Waals surface area contributed by atoms with Gasteiger partial charge in [0.25, 0.3) is 0 Å². The maximum absolute atomic E-state index is 10.6. The van der Waals surface area contributed by atoms with Crippen LogP contribution in [0.25, 0.3) is 0 Å². The van der Waals surface area contributed by atoms with Crippen molar-refractivity contribution in [3.8, 4) is 0 Å². The Balaban J connectivity index is 1.57. The third-order valence-electron chi connectivity index (χ3n) is 8.06. The summed E-state index contributed by atoms with van der Waals surface area (Å²) in [5.41, 5.74) is 2.08. The van der Waals surface area contributed by atoms with Gasteiger partial charge in [0.05, 0.1) is 12.2 Å². The molecule has 0 aromatic carbocycles. The van der Waals surface area contributed by atoms with Gasteiger partial charge >= 0.3 is 0 Å². The molecule has 0 aromatic rings. The molecule has 3 aliphatic rings. The molecular weight excluding hydrogens is 376 g/mol. The van der Waals surface area contributed by atoms with Crippen molar-refractivity contribution in [2.24, 2.45) is 29.1 Å². The summed E-state index contributed by atoms with van der Waals surface area (Å²) in [6.07, 6.45) is 12.2. The Hall–Kier alpha value is 0.140. The van der Waals surface area contributed by atoms with Crippen molar-refractivity contribution in [1.82, 2.24) is 0 Å². The summed E-state index contributed by atoms with van der Waals surface area (Å²) in [5.74, 6) is 2.33. The number of hydrogen-bond acceptors (Lipinski definition) is 2.